The number of hydrogen-bond acceptors (Lipinski definition) is 6. The molecule has 34 heavy (non-hydrogen) atoms. The monoisotopic (exact) mass is 482 g/mol. The van der Waals surface area contributed by atoms with Crippen molar-refractivity contribution in [2.24, 2.45) is 0 Å². The standard InChI is InChI=1S/C24H17F3N4O2S/c1-14-10-17(12-18(11-14)30-23-28-9-8-20(31-23)24(25,26)27)19-13-29-21(34-19)7-4-15-2-5-16(6-3-15)22(32)33/h2-13H,1H3,(H,32,33)(H,28,30,31). The summed E-state index contributed by atoms with van der Waals surface area (Å²) in [6, 6.07) is 12.8. The molecule has 0 bridgehead atoms. The summed E-state index contributed by atoms with van der Waals surface area (Å²) < 4.78 is 38.8. The van der Waals surface area contributed by atoms with E-state index in [1.165, 1.54) is 23.5 Å². The van der Waals surface area contributed by atoms with Gasteiger partial charge in [-0.15, -0.1) is 11.3 Å². The zero-order valence-corrected chi connectivity index (χ0v) is 18.5. The van der Waals surface area contributed by atoms with Crippen molar-refractivity contribution < 1.29 is 23.1 Å². The van der Waals surface area contributed by atoms with E-state index in [1.807, 2.05) is 25.1 Å². The van der Waals surface area contributed by atoms with E-state index in [0.29, 0.717) is 5.69 Å². The molecule has 0 radical (unpaired) electrons. The van der Waals surface area contributed by atoms with Gasteiger partial charge >= 0.3 is 12.1 Å². The molecule has 2 N–H and O–H groups in total. The minimum atomic E-state index is -4.55. The van der Waals surface area contributed by atoms with Crippen LogP contribution in [0.2, 0.25) is 0 Å². The molecule has 0 saturated carbocycles. The average Bonchev–Trinajstić information content (AvgIpc) is 3.26. The maximum Gasteiger partial charge on any atom is 0.433 e. The van der Waals surface area contributed by atoms with Crippen LogP contribution in [0.3, 0.4) is 0 Å². The fraction of sp³-hybridized carbons (Fsp3) is 0.0833. The lowest BCUT2D eigenvalue weighted by Gasteiger charge is -2.10. The van der Waals surface area contributed by atoms with Gasteiger partial charge in [-0.25, -0.2) is 19.7 Å². The lowest BCUT2D eigenvalue weighted by molar-refractivity contribution is -0.141. The molecule has 0 atom stereocenters. The third-order valence-electron chi connectivity index (χ3n) is 4.66. The zero-order chi connectivity index (χ0) is 24.3. The van der Waals surface area contributed by atoms with Gasteiger partial charge in [-0.1, -0.05) is 24.3 Å². The lowest BCUT2D eigenvalue weighted by Crippen LogP contribution is -2.10. The van der Waals surface area contributed by atoms with E-state index in [2.05, 4.69) is 20.3 Å². The number of anilines is 2. The lowest BCUT2D eigenvalue weighted by atomic mass is 10.1. The Morgan fingerprint density at radius 3 is 2.53 bits per heavy atom. The maximum atomic E-state index is 12.9. The van der Waals surface area contributed by atoms with Crippen LogP contribution in [-0.4, -0.2) is 26.0 Å². The van der Waals surface area contributed by atoms with E-state index >= 15 is 0 Å². The minimum absolute atomic E-state index is 0.145. The number of halogens is 3. The molecule has 0 unspecified atom stereocenters. The largest absolute Gasteiger partial charge is 0.478 e. The van der Waals surface area contributed by atoms with Gasteiger partial charge in [0, 0.05) is 18.1 Å². The third-order valence-corrected chi connectivity index (χ3v) is 5.68. The Labute approximate surface area is 196 Å². The molecular formula is C24H17F3N4O2S. The van der Waals surface area contributed by atoms with Gasteiger partial charge in [0.1, 0.15) is 10.7 Å². The van der Waals surface area contributed by atoms with Gasteiger partial charge in [-0.05, 0) is 60.0 Å². The number of alkyl halides is 3. The molecule has 0 aliphatic carbocycles. The Kier molecular flexibility index (Phi) is 6.42. The molecule has 6 nitrogen and oxygen atoms in total. The van der Waals surface area contributed by atoms with E-state index < -0.39 is 17.8 Å². The highest BCUT2D eigenvalue weighted by molar-refractivity contribution is 7.16. The van der Waals surface area contributed by atoms with Crippen molar-refractivity contribution >= 4 is 41.1 Å². The molecule has 4 aromatic rings. The van der Waals surface area contributed by atoms with E-state index in [1.54, 1.807) is 30.5 Å². The molecule has 172 valence electrons. The van der Waals surface area contributed by atoms with Crippen LogP contribution < -0.4 is 5.32 Å². The first kappa shape index (κ1) is 23.1. The molecule has 0 spiro atoms. The van der Waals surface area contributed by atoms with Crippen molar-refractivity contribution in [2.75, 3.05) is 5.32 Å². The van der Waals surface area contributed by atoms with Crippen molar-refractivity contribution in [2.45, 2.75) is 13.1 Å². The van der Waals surface area contributed by atoms with Gasteiger partial charge < -0.3 is 10.4 Å². The average molecular weight is 482 g/mol. The van der Waals surface area contributed by atoms with Gasteiger partial charge in [-0.2, -0.15) is 13.2 Å². The second kappa shape index (κ2) is 9.44. The van der Waals surface area contributed by atoms with Crippen LogP contribution in [0.4, 0.5) is 24.8 Å². The zero-order valence-electron chi connectivity index (χ0n) is 17.7. The number of hydrogen-bond donors (Lipinski definition) is 2. The molecule has 0 fully saturated rings. The van der Waals surface area contributed by atoms with E-state index in [9.17, 15) is 18.0 Å². The number of thiazole rings is 1. The summed E-state index contributed by atoms with van der Waals surface area (Å²) >= 11 is 1.44. The minimum Gasteiger partial charge on any atom is -0.478 e. The molecule has 2 aromatic carbocycles. The molecular weight excluding hydrogens is 465 g/mol. The van der Waals surface area contributed by atoms with Crippen molar-refractivity contribution in [1.82, 2.24) is 15.0 Å². The van der Waals surface area contributed by atoms with Crippen LogP contribution in [0.25, 0.3) is 22.6 Å². The van der Waals surface area contributed by atoms with E-state index in [0.717, 1.165) is 38.8 Å². The van der Waals surface area contributed by atoms with Gasteiger partial charge in [0.2, 0.25) is 5.95 Å². The smallest absolute Gasteiger partial charge is 0.433 e. The summed E-state index contributed by atoms with van der Waals surface area (Å²) in [5, 5.41) is 12.6. The highest BCUT2D eigenvalue weighted by Gasteiger charge is 2.32. The summed E-state index contributed by atoms with van der Waals surface area (Å²) in [5.74, 6) is -1.13. The SMILES string of the molecule is Cc1cc(Nc2nccc(C(F)(F)F)n2)cc(-c2cnc(C=Cc3ccc(C(=O)O)cc3)s2)c1. The van der Waals surface area contributed by atoms with Gasteiger partial charge in [-0.3, -0.25) is 0 Å². The van der Waals surface area contributed by atoms with Gasteiger partial charge in [0.05, 0.1) is 10.4 Å². The van der Waals surface area contributed by atoms with Crippen molar-refractivity contribution in [3.8, 4) is 10.4 Å². The highest BCUT2D eigenvalue weighted by atomic mass is 32.1. The van der Waals surface area contributed by atoms with E-state index in [-0.39, 0.29) is 11.5 Å². The number of carboxylic acid groups (broad SMARTS) is 1. The first-order valence-electron chi connectivity index (χ1n) is 9.94. The highest BCUT2D eigenvalue weighted by Crippen LogP contribution is 2.32. The number of benzene rings is 2. The van der Waals surface area contributed by atoms with Gasteiger partial charge in [0.15, 0.2) is 0 Å². The summed E-state index contributed by atoms with van der Waals surface area (Å²) in [6.45, 7) is 1.88. The molecule has 10 heteroatoms. The van der Waals surface area contributed by atoms with Crippen LogP contribution in [0, 0.1) is 6.92 Å². The fourth-order valence-electron chi connectivity index (χ4n) is 3.11. The molecule has 2 heterocycles. The number of nitrogens with zero attached hydrogens (tertiary/aromatic N) is 3. The third kappa shape index (κ3) is 5.65. The van der Waals surface area contributed by atoms with Crippen molar-refractivity contribution in [3.05, 3.63) is 88.3 Å². The summed E-state index contributed by atoms with van der Waals surface area (Å²) in [6.07, 6.45) is 1.89. The Bertz CT molecular complexity index is 1370. The summed E-state index contributed by atoms with van der Waals surface area (Å²) in [4.78, 5) is 23.7. The Morgan fingerprint density at radius 1 is 1.06 bits per heavy atom. The fourth-order valence-corrected chi connectivity index (χ4v) is 3.91. The summed E-state index contributed by atoms with van der Waals surface area (Å²) in [7, 11) is 0. The molecule has 0 saturated heterocycles. The number of carbonyl (C=O) groups is 1. The predicted molar refractivity (Wildman–Crippen MR) is 125 cm³/mol. The molecule has 0 aliphatic rings. The number of aromatic nitrogens is 3. The van der Waals surface area contributed by atoms with Crippen LogP contribution in [0.15, 0.2) is 60.9 Å². The first-order valence-corrected chi connectivity index (χ1v) is 10.8. The van der Waals surface area contributed by atoms with Crippen LogP contribution in [0.5, 0.6) is 0 Å². The Balaban J connectivity index is 1.53. The number of aryl methyl sites for hydroxylation is 1. The number of rotatable bonds is 6. The molecule has 0 aliphatic heterocycles. The molecule has 0 amide bonds. The van der Waals surface area contributed by atoms with Crippen molar-refractivity contribution in [1.29, 1.82) is 0 Å². The second-order valence-electron chi connectivity index (χ2n) is 7.30. The van der Waals surface area contributed by atoms with Crippen LogP contribution >= 0.6 is 11.3 Å². The topological polar surface area (TPSA) is 88.0 Å². The number of nitrogens with one attached hydrogen (secondary N) is 1. The number of carboxylic acids is 1. The molecule has 4 rings (SSSR count). The number of aromatic carboxylic acids is 1. The Hall–Kier alpha value is -4.05. The van der Waals surface area contributed by atoms with E-state index in [4.69, 9.17) is 5.11 Å². The van der Waals surface area contributed by atoms with Crippen LogP contribution in [0.1, 0.15) is 32.2 Å². The van der Waals surface area contributed by atoms with Crippen LogP contribution in [-0.2, 0) is 6.18 Å². The molecule has 2 aromatic heterocycles. The van der Waals surface area contributed by atoms with Crippen molar-refractivity contribution in [3.63, 3.8) is 0 Å². The first-order chi connectivity index (χ1) is 16.2. The maximum absolute atomic E-state index is 12.9. The summed E-state index contributed by atoms with van der Waals surface area (Å²) in [5.41, 5.74) is 2.33. The predicted octanol–water partition coefficient (Wildman–Crippen LogP) is 6.54. The second-order valence-corrected chi connectivity index (χ2v) is 8.36. The van der Waals surface area contributed by atoms with Gasteiger partial charge in [0.25, 0.3) is 0 Å². The quantitative estimate of drug-likeness (QED) is 0.324. The Morgan fingerprint density at radius 2 is 1.82 bits per heavy atom. The normalized spacial score (nSPS) is 11.6.